The highest BCUT2D eigenvalue weighted by molar-refractivity contribution is 8.00. The maximum absolute atomic E-state index is 13.1. The van der Waals surface area contributed by atoms with Crippen LogP contribution in [0, 0.1) is 0 Å². The van der Waals surface area contributed by atoms with Crippen LogP contribution in [0.3, 0.4) is 0 Å². The first-order valence-corrected chi connectivity index (χ1v) is 10.3. The van der Waals surface area contributed by atoms with Crippen LogP contribution in [0.2, 0.25) is 5.02 Å². The van der Waals surface area contributed by atoms with Crippen molar-refractivity contribution in [2.24, 2.45) is 0 Å². The molecule has 1 amide bonds. The van der Waals surface area contributed by atoms with Crippen LogP contribution < -0.4 is 4.90 Å². The van der Waals surface area contributed by atoms with Crippen LogP contribution in [0.1, 0.15) is 0 Å². The van der Waals surface area contributed by atoms with Crippen molar-refractivity contribution >= 4 is 46.7 Å². The molecule has 5 heteroatoms. The SMILES string of the molecule is O=C(CSc1ccc(Cl)cc1)N1c2ccccc2S[C@@H]2C=CC=C[C@H]21. The molecular weight excluding hydrogens is 370 g/mol. The van der Waals surface area contributed by atoms with E-state index in [0.717, 1.165) is 15.5 Å². The maximum atomic E-state index is 13.1. The average molecular weight is 386 g/mol. The van der Waals surface area contributed by atoms with Crippen LogP contribution in [0.25, 0.3) is 0 Å². The molecule has 25 heavy (non-hydrogen) atoms. The van der Waals surface area contributed by atoms with E-state index in [9.17, 15) is 4.79 Å². The number of amides is 1. The van der Waals surface area contributed by atoms with Gasteiger partial charge in [-0.3, -0.25) is 4.79 Å². The zero-order chi connectivity index (χ0) is 17.2. The summed E-state index contributed by atoms with van der Waals surface area (Å²) in [7, 11) is 0. The first-order valence-electron chi connectivity index (χ1n) is 8.03. The summed E-state index contributed by atoms with van der Waals surface area (Å²) in [6.07, 6.45) is 8.39. The molecule has 2 aliphatic rings. The van der Waals surface area contributed by atoms with Crippen molar-refractivity contribution in [3.8, 4) is 0 Å². The Balaban J connectivity index is 1.58. The third kappa shape index (κ3) is 3.52. The number of halogens is 1. The summed E-state index contributed by atoms with van der Waals surface area (Å²) in [5, 5.41) is 0.976. The number of benzene rings is 2. The number of thioether (sulfide) groups is 2. The summed E-state index contributed by atoms with van der Waals surface area (Å²) in [5.74, 6) is 0.532. The predicted molar refractivity (Wildman–Crippen MR) is 108 cm³/mol. The van der Waals surface area contributed by atoms with E-state index >= 15 is 0 Å². The summed E-state index contributed by atoms with van der Waals surface area (Å²) in [4.78, 5) is 17.2. The third-order valence-electron chi connectivity index (χ3n) is 4.19. The number of hydrogen-bond donors (Lipinski definition) is 0. The van der Waals surface area contributed by atoms with Gasteiger partial charge in [-0.2, -0.15) is 0 Å². The number of fused-ring (bicyclic) bond motifs is 2. The molecule has 0 aromatic heterocycles. The minimum atomic E-state index is 0.0724. The van der Waals surface area contributed by atoms with Crippen molar-refractivity contribution in [1.29, 1.82) is 0 Å². The highest BCUT2D eigenvalue weighted by Gasteiger charge is 2.36. The van der Waals surface area contributed by atoms with Gasteiger partial charge in [0.05, 0.1) is 22.7 Å². The number of rotatable bonds is 3. The van der Waals surface area contributed by atoms with Crippen LogP contribution in [0.15, 0.2) is 82.6 Å². The molecule has 2 aromatic carbocycles. The van der Waals surface area contributed by atoms with Crippen LogP contribution in [-0.4, -0.2) is 23.0 Å². The van der Waals surface area contributed by atoms with Crippen molar-refractivity contribution in [3.63, 3.8) is 0 Å². The Bertz CT molecular complexity index is 847. The molecule has 0 saturated carbocycles. The zero-order valence-electron chi connectivity index (χ0n) is 13.3. The Morgan fingerprint density at radius 2 is 1.84 bits per heavy atom. The van der Waals surface area contributed by atoms with Crippen molar-refractivity contribution in [3.05, 3.63) is 77.9 Å². The molecule has 126 valence electrons. The summed E-state index contributed by atoms with van der Waals surface area (Å²) in [6.45, 7) is 0. The minimum Gasteiger partial charge on any atom is -0.302 e. The molecule has 0 fully saturated rings. The minimum absolute atomic E-state index is 0.0724. The predicted octanol–water partition coefficient (Wildman–Crippen LogP) is 5.43. The van der Waals surface area contributed by atoms with Crippen LogP contribution in [-0.2, 0) is 4.79 Å². The summed E-state index contributed by atoms with van der Waals surface area (Å²) in [5.41, 5.74) is 1.01. The number of carbonyl (C=O) groups excluding carboxylic acids is 1. The van der Waals surface area contributed by atoms with E-state index in [1.807, 2.05) is 65.2 Å². The lowest BCUT2D eigenvalue weighted by molar-refractivity contribution is -0.116. The van der Waals surface area contributed by atoms with E-state index in [0.29, 0.717) is 10.8 Å². The Morgan fingerprint density at radius 3 is 2.68 bits per heavy atom. The standard InChI is InChI=1S/C20H16ClNOS2/c21-14-9-11-15(12-10-14)24-13-20(23)22-16-5-1-3-7-18(16)25-19-8-4-2-6-17(19)22/h1-12,16,18H,13H2/t16-,18-/m1/s1. The van der Waals surface area contributed by atoms with Gasteiger partial charge in [-0.05, 0) is 36.4 Å². The number of nitrogens with zero attached hydrogens (tertiary/aromatic N) is 1. The van der Waals surface area contributed by atoms with Gasteiger partial charge in [0, 0.05) is 14.8 Å². The largest absolute Gasteiger partial charge is 0.302 e. The summed E-state index contributed by atoms with van der Waals surface area (Å²) >= 11 is 9.30. The van der Waals surface area contributed by atoms with E-state index in [4.69, 9.17) is 11.6 Å². The van der Waals surface area contributed by atoms with Gasteiger partial charge in [0.25, 0.3) is 0 Å². The molecule has 0 spiro atoms. The Kier molecular flexibility index (Phi) is 4.93. The second-order valence-electron chi connectivity index (χ2n) is 5.82. The summed E-state index contributed by atoms with van der Waals surface area (Å²) in [6, 6.07) is 15.8. The van der Waals surface area contributed by atoms with Crippen molar-refractivity contribution in [2.75, 3.05) is 10.7 Å². The average Bonchev–Trinajstić information content (AvgIpc) is 2.65. The number of para-hydroxylation sites is 1. The van der Waals surface area contributed by atoms with E-state index in [2.05, 4.69) is 24.3 Å². The zero-order valence-corrected chi connectivity index (χ0v) is 15.7. The first kappa shape index (κ1) is 16.8. The molecule has 2 nitrogen and oxygen atoms in total. The highest BCUT2D eigenvalue weighted by atomic mass is 35.5. The molecule has 0 radical (unpaired) electrons. The quantitative estimate of drug-likeness (QED) is 0.656. The van der Waals surface area contributed by atoms with E-state index in [1.54, 1.807) is 11.8 Å². The fraction of sp³-hybridized carbons (Fsp3) is 0.150. The van der Waals surface area contributed by atoms with Gasteiger partial charge in [0.15, 0.2) is 0 Å². The van der Waals surface area contributed by atoms with Crippen molar-refractivity contribution < 1.29 is 4.79 Å². The molecule has 2 aromatic rings. The fourth-order valence-corrected chi connectivity index (χ4v) is 5.17. The van der Waals surface area contributed by atoms with Gasteiger partial charge in [-0.1, -0.05) is 48.0 Å². The second-order valence-corrected chi connectivity index (χ2v) is 8.52. The second kappa shape index (κ2) is 7.32. The summed E-state index contributed by atoms with van der Waals surface area (Å²) < 4.78 is 0. The van der Waals surface area contributed by atoms with Gasteiger partial charge in [0.1, 0.15) is 0 Å². The molecule has 1 aliphatic carbocycles. The Morgan fingerprint density at radius 1 is 1.08 bits per heavy atom. The lowest BCUT2D eigenvalue weighted by Crippen LogP contribution is -2.48. The van der Waals surface area contributed by atoms with E-state index in [-0.39, 0.29) is 17.2 Å². The lowest BCUT2D eigenvalue weighted by Gasteiger charge is -2.40. The van der Waals surface area contributed by atoms with Gasteiger partial charge in [0.2, 0.25) is 5.91 Å². The number of hydrogen-bond acceptors (Lipinski definition) is 3. The highest BCUT2D eigenvalue weighted by Crippen LogP contribution is 2.43. The molecular formula is C20H16ClNOS2. The molecule has 2 atom stereocenters. The lowest BCUT2D eigenvalue weighted by atomic mass is 10.0. The fourth-order valence-electron chi connectivity index (χ4n) is 3.03. The molecule has 0 saturated heterocycles. The van der Waals surface area contributed by atoms with Crippen molar-refractivity contribution in [2.45, 2.75) is 21.1 Å². The normalized spacial score (nSPS) is 20.9. The molecule has 0 unspecified atom stereocenters. The number of carbonyl (C=O) groups is 1. The number of anilines is 1. The van der Waals surface area contributed by atoms with Crippen LogP contribution in [0.5, 0.6) is 0 Å². The van der Waals surface area contributed by atoms with Gasteiger partial charge in [-0.25, -0.2) is 0 Å². The van der Waals surface area contributed by atoms with Crippen LogP contribution in [0.4, 0.5) is 5.69 Å². The molecule has 0 N–H and O–H groups in total. The van der Waals surface area contributed by atoms with E-state index < -0.39 is 0 Å². The smallest absolute Gasteiger partial charge is 0.237 e. The van der Waals surface area contributed by atoms with Gasteiger partial charge in [-0.15, -0.1) is 23.5 Å². The maximum Gasteiger partial charge on any atom is 0.237 e. The van der Waals surface area contributed by atoms with Gasteiger partial charge < -0.3 is 4.90 Å². The van der Waals surface area contributed by atoms with E-state index in [1.165, 1.54) is 0 Å². The third-order valence-corrected chi connectivity index (χ3v) is 6.74. The van der Waals surface area contributed by atoms with Crippen LogP contribution >= 0.6 is 35.1 Å². The Hall–Kier alpha value is -1.62. The number of allylic oxidation sites excluding steroid dienone is 2. The molecule has 0 bridgehead atoms. The first-order chi connectivity index (χ1) is 12.2. The van der Waals surface area contributed by atoms with Gasteiger partial charge >= 0.3 is 0 Å². The monoisotopic (exact) mass is 385 g/mol. The molecule has 1 heterocycles. The van der Waals surface area contributed by atoms with Crippen molar-refractivity contribution in [1.82, 2.24) is 0 Å². The molecule has 1 aliphatic heterocycles. The topological polar surface area (TPSA) is 20.3 Å². The molecule has 4 rings (SSSR count). The Labute approximate surface area is 160 Å².